The number of likely N-dealkylation sites (N-methyl/N-ethyl adjacent to an activating group) is 1. The summed E-state index contributed by atoms with van der Waals surface area (Å²) in [6.45, 7) is 0. The van der Waals surface area contributed by atoms with Crippen LogP contribution in [0, 0.1) is 5.82 Å². The molecule has 20 heavy (non-hydrogen) atoms. The Morgan fingerprint density at radius 2 is 2.15 bits per heavy atom. The Morgan fingerprint density at radius 1 is 1.45 bits per heavy atom. The lowest BCUT2D eigenvalue weighted by Crippen LogP contribution is -2.53. The van der Waals surface area contributed by atoms with Gasteiger partial charge in [0, 0.05) is 19.2 Å². The fourth-order valence-corrected chi connectivity index (χ4v) is 2.00. The number of hydrogen-bond acceptors (Lipinski definition) is 4. The van der Waals surface area contributed by atoms with Gasteiger partial charge in [-0.3, -0.25) is 19.3 Å². The summed E-state index contributed by atoms with van der Waals surface area (Å²) in [6.07, 6.45) is 0.365. The van der Waals surface area contributed by atoms with Gasteiger partial charge < -0.3 is 11.1 Å². The minimum absolute atomic E-state index is 0.159. The number of likely N-dealkylation sites (tertiary alicyclic amines) is 1. The van der Waals surface area contributed by atoms with E-state index < -0.39 is 23.7 Å². The predicted molar refractivity (Wildman–Crippen MR) is 69.1 cm³/mol. The number of imide groups is 1. The molecule has 1 heterocycles. The first-order chi connectivity index (χ1) is 9.40. The van der Waals surface area contributed by atoms with Crippen LogP contribution in [0.4, 0.5) is 10.1 Å². The molecule has 0 bridgehead atoms. The molecule has 2 rings (SSSR count). The number of hydrogen-bond donors (Lipinski definition) is 2. The first-order valence-corrected chi connectivity index (χ1v) is 6.06. The molecule has 0 aliphatic carbocycles. The molecule has 0 spiro atoms. The predicted octanol–water partition coefficient (Wildman–Crippen LogP) is 0.285. The van der Waals surface area contributed by atoms with Crippen LogP contribution in [-0.4, -0.2) is 35.7 Å². The largest absolute Gasteiger partial charge is 0.399 e. The number of nitrogens with one attached hydrogen (secondary N) is 1. The van der Waals surface area contributed by atoms with Gasteiger partial charge in [0.15, 0.2) is 0 Å². The second-order valence-corrected chi connectivity index (χ2v) is 4.59. The molecule has 1 aliphatic rings. The van der Waals surface area contributed by atoms with Crippen LogP contribution in [0.3, 0.4) is 0 Å². The number of amides is 3. The number of nitrogens with zero attached hydrogens (tertiary/aromatic N) is 1. The molecule has 1 unspecified atom stereocenters. The number of nitrogens with two attached hydrogens (primary N) is 1. The Labute approximate surface area is 114 Å². The molecule has 1 aromatic rings. The Hall–Kier alpha value is -2.44. The zero-order valence-electron chi connectivity index (χ0n) is 10.9. The van der Waals surface area contributed by atoms with E-state index in [4.69, 9.17) is 5.73 Å². The van der Waals surface area contributed by atoms with Gasteiger partial charge in [-0.05, 0) is 24.6 Å². The minimum Gasteiger partial charge on any atom is -0.399 e. The van der Waals surface area contributed by atoms with Gasteiger partial charge in [0.1, 0.15) is 11.9 Å². The number of halogens is 1. The maximum Gasteiger partial charge on any atom is 0.254 e. The quantitative estimate of drug-likeness (QED) is 0.601. The summed E-state index contributed by atoms with van der Waals surface area (Å²) in [5.41, 5.74) is 5.52. The van der Waals surface area contributed by atoms with Gasteiger partial charge in [-0.2, -0.15) is 0 Å². The third-order valence-corrected chi connectivity index (χ3v) is 3.19. The van der Waals surface area contributed by atoms with Gasteiger partial charge in [-0.1, -0.05) is 0 Å². The fraction of sp³-hybridized carbons (Fsp3) is 0.308. The van der Waals surface area contributed by atoms with Crippen molar-refractivity contribution in [2.45, 2.75) is 18.9 Å². The molecule has 0 aromatic heterocycles. The van der Waals surface area contributed by atoms with Crippen molar-refractivity contribution >= 4 is 23.4 Å². The van der Waals surface area contributed by atoms with Crippen LogP contribution < -0.4 is 11.1 Å². The van der Waals surface area contributed by atoms with E-state index in [1.165, 1.54) is 19.2 Å². The Kier molecular flexibility index (Phi) is 3.69. The van der Waals surface area contributed by atoms with Crippen LogP contribution in [0.1, 0.15) is 23.2 Å². The van der Waals surface area contributed by atoms with Crippen LogP contribution >= 0.6 is 0 Å². The summed E-state index contributed by atoms with van der Waals surface area (Å²) >= 11 is 0. The average molecular weight is 279 g/mol. The summed E-state index contributed by atoms with van der Waals surface area (Å²) in [5.74, 6) is -2.24. The summed E-state index contributed by atoms with van der Waals surface area (Å²) in [4.78, 5) is 36.1. The molecular weight excluding hydrogens is 265 g/mol. The molecule has 1 aliphatic heterocycles. The maximum absolute atomic E-state index is 13.5. The normalized spacial score (nSPS) is 19.1. The highest BCUT2D eigenvalue weighted by molar-refractivity contribution is 6.03. The van der Waals surface area contributed by atoms with Gasteiger partial charge in [0.05, 0.1) is 5.56 Å². The van der Waals surface area contributed by atoms with Crippen molar-refractivity contribution in [3.8, 4) is 0 Å². The third-order valence-electron chi connectivity index (χ3n) is 3.19. The van der Waals surface area contributed by atoms with Crippen molar-refractivity contribution in [2.24, 2.45) is 0 Å². The average Bonchev–Trinajstić information content (AvgIpc) is 2.42. The lowest BCUT2D eigenvalue weighted by molar-refractivity contribution is -0.147. The molecule has 106 valence electrons. The van der Waals surface area contributed by atoms with Crippen LogP contribution in [0.25, 0.3) is 0 Å². The van der Waals surface area contributed by atoms with E-state index in [0.717, 1.165) is 11.0 Å². The van der Waals surface area contributed by atoms with Gasteiger partial charge in [0.2, 0.25) is 5.91 Å². The van der Waals surface area contributed by atoms with Crippen molar-refractivity contribution in [3.63, 3.8) is 0 Å². The maximum atomic E-state index is 13.5. The molecular formula is C13H14FN3O3. The van der Waals surface area contributed by atoms with Crippen molar-refractivity contribution in [1.29, 1.82) is 0 Å². The molecule has 3 N–H and O–H groups in total. The summed E-state index contributed by atoms with van der Waals surface area (Å²) in [6, 6.07) is 2.80. The molecule has 0 radical (unpaired) electrons. The molecule has 0 saturated carbocycles. The van der Waals surface area contributed by atoms with E-state index in [9.17, 15) is 18.8 Å². The van der Waals surface area contributed by atoms with Crippen molar-refractivity contribution < 1.29 is 18.8 Å². The summed E-state index contributed by atoms with van der Waals surface area (Å²) in [5, 5.41) is 2.43. The smallest absolute Gasteiger partial charge is 0.254 e. The third kappa shape index (κ3) is 2.61. The van der Waals surface area contributed by atoms with E-state index in [1.54, 1.807) is 0 Å². The monoisotopic (exact) mass is 279 g/mol. The minimum atomic E-state index is -0.828. The summed E-state index contributed by atoms with van der Waals surface area (Å²) in [7, 11) is 1.35. The van der Waals surface area contributed by atoms with E-state index >= 15 is 0 Å². The number of nitrogen functional groups attached to an aromatic ring is 1. The highest BCUT2D eigenvalue weighted by atomic mass is 19.1. The lowest BCUT2D eigenvalue weighted by Gasteiger charge is -2.28. The van der Waals surface area contributed by atoms with Crippen LogP contribution in [-0.2, 0) is 9.59 Å². The van der Waals surface area contributed by atoms with Gasteiger partial charge in [-0.25, -0.2) is 4.39 Å². The SMILES string of the molecule is CN1C(=O)CCC(NC(=O)c2cc(N)ccc2F)C1=O. The molecule has 1 fully saturated rings. The zero-order chi connectivity index (χ0) is 14.9. The van der Waals surface area contributed by atoms with Crippen molar-refractivity contribution in [3.05, 3.63) is 29.6 Å². The van der Waals surface area contributed by atoms with Crippen molar-refractivity contribution in [1.82, 2.24) is 10.2 Å². The molecule has 3 amide bonds. The van der Waals surface area contributed by atoms with Gasteiger partial charge in [0.25, 0.3) is 11.8 Å². The number of piperidine rings is 1. The number of anilines is 1. The Balaban J connectivity index is 2.14. The number of rotatable bonds is 2. The summed E-state index contributed by atoms with van der Waals surface area (Å²) < 4.78 is 13.5. The van der Waals surface area contributed by atoms with Crippen LogP contribution in [0.15, 0.2) is 18.2 Å². The molecule has 1 atom stereocenters. The molecule has 6 nitrogen and oxygen atoms in total. The lowest BCUT2D eigenvalue weighted by atomic mass is 10.0. The first kappa shape index (κ1) is 14.0. The molecule has 1 aromatic carbocycles. The molecule has 7 heteroatoms. The van der Waals surface area contributed by atoms with Crippen LogP contribution in [0.2, 0.25) is 0 Å². The van der Waals surface area contributed by atoms with E-state index in [2.05, 4.69) is 5.32 Å². The standard InChI is InChI=1S/C13H14FN3O3/c1-17-11(18)5-4-10(13(17)20)16-12(19)8-6-7(15)2-3-9(8)14/h2-3,6,10H,4-5,15H2,1H3,(H,16,19). The Morgan fingerprint density at radius 3 is 2.85 bits per heavy atom. The Bertz CT molecular complexity index is 588. The van der Waals surface area contributed by atoms with E-state index in [-0.39, 0.29) is 30.0 Å². The van der Waals surface area contributed by atoms with E-state index in [0.29, 0.717) is 0 Å². The van der Waals surface area contributed by atoms with Crippen molar-refractivity contribution in [2.75, 3.05) is 12.8 Å². The topological polar surface area (TPSA) is 92.5 Å². The highest BCUT2D eigenvalue weighted by Crippen LogP contribution is 2.15. The second kappa shape index (κ2) is 5.28. The molecule has 1 saturated heterocycles. The number of carbonyl (C=O) groups is 3. The fourth-order valence-electron chi connectivity index (χ4n) is 2.00. The zero-order valence-corrected chi connectivity index (χ0v) is 10.9. The van der Waals surface area contributed by atoms with Gasteiger partial charge >= 0.3 is 0 Å². The van der Waals surface area contributed by atoms with E-state index in [1.807, 2.05) is 0 Å². The number of benzene rings is 1. The number of carbonyl (C=O) groups excluding carboxylic acids is 3. The van der Waals surface area contributed by atoms with Crippen LogP contribution in [0.5, 0.6) is 0 Å². The second-order valence-electron chi connectivity index (χ2n) is 4.59. The van der Waals surface area contributed by atoms with Gasteiger partial charge in [-0.15, -0.1) is 0 Å². The first-order valence-electron chi connectivity index (χ1n) is 6.06. The highest BCUT2D eigenvalue weighted by Gasteiger charge is 2.33.